The molecule has 3 aromatic rings. The largest absolute Gasteiger partial charge is 0.342 e. The van der Waals surface area contributed by atoms with Gasteiger partial charge in [-0.15, -0.1) is 10.2 Å². The quantitative estimate of drug-likeness (QED) is 0.709. The Hall–Kier alpha value is -2.96. The van der Waals surface area contributed by atoms with Gasteiger partial charge in [0.2, 0.25) is 5.91 Å². The molecule has 0 radical (unpaired) electrons. The number of hydrogen-bond acceptors (Lipinski definition) is 4. The van der Waals surface area contributed by atoms with E-state index in [1.165, 1.54) is 6.07 Å². The van der Waals surface area contributed by atoms with Gasteiger partial charge in [0.05, 0.1) is 0 Å². The van der Waals surface area contributed by atoms with E-state index in [0.717, 1.165) is 36.6 Å². The second kappa shape index (κ2) is 7.34. The van der Waals surface area contributed by atoms with Crippen molar-refractivity contribution in [1.29, 1.82) is 0 Å². The van der Waals surface area contributed by atoms with E-state index in [1.54, 1.807) is 10.6 Å². The standard InChI is InChI=1S/C20H23N5O2/c1-15-6-4-9-19(27)24(15)13-10-18(26)23-11-5-7-16(14-23)20-22-21-17-8-2-3-12-25(17)20/h2-4,6,8-9,12,16H,5,7,10-11,13-14H2,1H3. The van der Waals surface area contributed by atoms with Crippen LogP contribution in [0.4, 0.5) is 0 Å². The first-order valence-electron chi connectivity index (χ1n) is 9.37. The number of nitrogens with zero attached hydrogens (tertiary/aromatic N) is 5. The molecule has 4 heterocycles. The average molecular weight is 365 g/mol. The molecule has 0 bridgehead atoms. The molecule has 4 rings (SSSR count). The number of hydrogen-bond donors (Lipinski definition) is 0. The lowest BCUT2D eigenvalue weighted by Gasteiger charge is -2.32. The molecule has 3 aromatic heterocycles. The molecule has 1 saturated heterocycles. The van der Waals surface area contributed by atoms with Crippen molar-refractivity contribution in [3.63, 3.8) is 0 Å². The first kappa shape index (κ1) is 17.5. The van der Waals surface area contributed by atoms with Gasteiger partial charge in [-0.2, -0.15) is 0 Å². The van der Waals surface area contributed by atoms with Crippen molar-refractivity contribution < 1.29 is 4.79 Å². The first-order valence-corrected chi connectivity index (χ1v) is 9.37. The first-order chi connectivity index (χ1) is 13.1. The van der Waals surface area contributed by atoms with Crippen molar-refractivity contribution in [1.82, 2.24) is 24.1 Å². The van der Waals surface area contributed by atoms with Crippen LogP contribution in [0.3, 0.4) is 0 Å². The number of aryl methyl sites for hydroxylation is 1. The Balaban J connectivity index is 1.45. The maximum atomic E-state index is 12.7. The molecule has 1 atom stereocenters. The average Bonchev–Trinajstić information content (AvgIpc) is 3.12. The number of amides is 1. The van der Waals surface area contributed by atoms with E-state index in [1.807, 2.05) is 46.7 Å². The van der Waals surface area contributed by atoms with Crippen LogP contribution in [0, 0.1) is 6.92 Å². The predicted molar refractivity (Wildman–Crippen MR) is 102 cm³/mol. The van der Waals surface area contributed by atoms with E-state index in [4.69, 9.17) is 0 Å². The van der Waals surface area contributed by atoms with Gasteiger partial charge in [0.15, 0.2) is 5.65 Å². The van der Waals surface area contributed by atoms with E-state index < -0.39 is 0 Å². The van der Waals surface area contributed by atoms with E-state index >= 15 is 0 Å². The molecule has 1 unspecified atom stereocenters. The molecule has 1 aliphatic heterocycles. The number of fused-ring (bicyclic) bond motifs is 1. The Kier molecular flexibility index (Phi) is 4.75. The van der Waals surface area contributed by atoms with Gasteiger partial charge in [-0.05, 0) is 38.0 Å². The normalized spacial score (nSPS) is 17.4. The van der Waals surface area contributed by atoms with Crippen LogP contribution in [-0.2, 0) is 11.3 Å². The highest BCUT2D eigenvalue weighted by atomic mass is 16.2. The second-order valence-electron chi connectivity index (χ2n) is 7.07. The summed E-state index contributed by atoms with van der Waals surface area (Å²) in [6.45, 7) is 3.71. The van der Waals surface area contributed by atoms with E-state index in [0.29, 0.717) is 19.5 Å². The van der Waals surface area contributed by atoms with Crippen LogP contribution < -0.4 is 5.56 Å². The van der Waals surface area contributed by atoms with Crippen molar-refractivity contribution >= 4 is 11.6 Å². The number of aromatic nitrogens is 4. The number of likely N-dealkylation sites (tertiary alicyclic amines) is 1. The summed E-state index contributed by atoms with van der Waals surface area (Å²) in [5, 5.41) is 8.59. The van der Waals surface area contributed by atoms with Gasteiger partial charge >= 0.3 is 0 Å². The van der Waals surface area contributed by atoms with Gasteiger partial charge in [-0.3, -0.25) is 14.0 Å². The molecule has 7 heteroatoms. The van der Waals surface area contributed by atoms with Crippen LogP contribution in [-0.4, -0.2) is 43.1 Å². The molecule has 1 amide bonds. The predicted octanol–water partition coefficient (Wildman–Crippen LogP) is 2.00. The molecule has 7 nitrogen and oxygen atoms in total. The highest BCUT2D eigenvalue weighted by molar-refractivity contribution is 5.76. The van der Waals surface area contributed by atoms with Gasteiger partial charge in [-0.25, -0.2) is 0 Å². The zero-order valence-electron chi connectivity index (χ0n) is 15.4. The van der Waals surface area contributed by atoms with E-state index in [-0.39, 0.29) is 17.4 Å². The molecule has 0 spiro atoms. The fourth-order valence-corrected chi connectivity index (χ4v) is 3.83. The summed E-state index contributed by atoms with van der Waals surface area (Å²) in [6.07, 6.45) is 4.24. The SMILES string of the molecule is Cc1cccc(=O)n1CCC(=O)N1CCCC(c2nnc3ccccn23)C1. The van der Waals surface area contributed by atoms with E-state index in [2.05, 4.69) is 10.2 Å². The molecule has 0 saturated carbocycles. The Morgan fingerprint density at radius 2 is 2.07 bits per heavy atom. The summed E-state index contributed by atoms with van der Waals surface area (Å²) < 4.78 is 3.66. The molecule has 1 aliphatic rings. The molecule has 27 heavy (non-hydrogen) atoms. The summed E-state index contributed by atoms with van der Waals surface area (Å²) in [7, 11) is 0. The van der Waals surface area contributed by atoms with Crippen molar-refractivity contribution in [2.45, 2.75) is 38.6 Å². The minimum Gasteiger partial charge on any atom is -0.342 e. The minimum atomic E-state index is -0.0609. The Morgan fingerprint density at radius 3 is 2.93 bits per heavy atom. The summed E-state index contributed by atoms with van der Waals surface area (Å²) in [4.78, 5) is 26.6. The van der Waals surface area contributed by atoms with Gasteiger partial charge in [0.25, 0.3) is 5.56 Å². The highest BCUT2D eigenvalue weighted by Gasteiger charge is 2.27. The monoisotopic (exact) mass is 365 g/mol. The lowest BCUT2D eigenvalue weighted by atomic mass is 9.97. The molecular formula is C20H23N5O2. The van der Waals surface area contributed by atoms with Gasteiger partial charge in [0.1, 0.15) is 5.82 Å². The molecule has 1 fully saturated rings. The second-order valence-corrected chi connectivity index (χ2v) is 7.07. The number of rotatable bonds is 4. The maximum Gasteiger partial charge on any atom is 0.250 e. The van der Waals surface area contributed by atoms with Crippen molar-refractivity contribution in [3.8, 4) is 0 Å². The van der Waals surface area contributed by atoms with Gasteiger partial charge in [-0.1, -0.05) is 12.1 Å². The summed E-state index contributed by atoms with van der Waals surface area (Å²) in [5.74, 6) is 1.18. The molecular weight excluding hydrogens is 342 g/mol. The van der Waals surface area contributed by atoms with Crippen molar-refractivity contribution in [3.05, 3.63) is 64.5 Å². The third-order valence-corrected chi connectivity index (χ3v) is 5.30. The summed E-state index contributed by atoms with van der Waals surface area (Å²) in [5.41, 5.74) is 1.64. The fraction of sp³-hybridized carbons (Fsp3) is 0.400. The van der Waals surface area contributed by atoms with Crippen LogP contribution in [0.5, 0.6) is 0 Å². The van der Waals surface area contributed by atoms with Crippen molar-refractivity contribution in [2.75, 3.05) is 13.1 Å². The summed E-state index contributed by atoms with van der Waals surface area (Å²) in [6, 6.07) is 11.0. The molecule has 0 aromatic carbocycles. The van der Waals surface area contributed by atoms with Crippen LogP contribution in [0.1, 0.15) is 36.7 Å². The number of carbonyl (C=O) groups excluding carboxylic acids is 1. The van der Waals surface area contributed by atoms with Crippen LogP contribution in [0.25, 0.3) is 5.65 Å². The lowest BCUT2D eigenvalue weighted by Crippen LogP contribution is -2.40. The topological polar surface area (TPSA) is 72.5 Å². The Morgan fingerprint density at radius 1 is 1.19 bits per heavy atom. The zero-order chi connectivity index (χ0) is 18.8. The lowest BCUT2D eigenvalue weighted by molar-refractivity contribution is -0.132. The zero-order valence-corrected chi connectivity index (χ0v) is 15.4. The smallest absolute Gasteiger partial charge is 0.250 e. The number of carbonyl (C=O) groups is 1. The molecule has 0 N–H and O–H groups in total. The number of pyridine rings is 2. The Labute approximate surface area is 157 Å². The maximum absolute atomic E-state index is 12.7. The van der Waals surface area contributed by atoms with Gasteiger partial charge < -0.3 is 9.47 Å². The number of piperidine rings is 1. The van der Waals surface area contributed by atoms with Crippen LogP contribution in [0.15, 0.2) is 47.4 Å². The molecule has 140 valence electrons. The van der Waals surface area contributed by atoms with Crippen LogP contribution >= 0.6 is 0 Å². The van der Waals surface area contributed by atoms with Crippen molar-refractivity contribution in [2.24, 2.45) is 0 Å². The summed E-state index contributed by atoms with van der Waals surface area (Å²) >= 11 is 0. The fourth-order valence-electron chi connectivity index (χ4n) is 3.83. The Bertz CT molecular complexity index is 1020. The minimum absolute atomic E-state index is 0.0609. The third kappa shape index (κ3) is 3.49. The van der Waals surface area contributed by atoms with Gasteiger partial charge in [0, 0.05) is 49.9 Å². The third-order valence-electron chi connectivity index (χ3n) is 5.30. The van der Waals surface area contributed by atoms with Crippen LogP contribution in [0.2, 0.25) is 0 Å². The highest BCUT2D eigenvalue weighted by Crippen LogP contribution is 2.26. The van der Waals surface area contributed by atoms with E-state index in [9.17, 15) is 9.59 Å². The molecule has 0 aliphatic carbocycles.